The van der Waals surface area contributed by atoms with Gasteiger partial charge in [-0.1, -0.05) is 240 Å². The average molecular weight is 917 g/mol. The Balaban J connectivity index is 4.45. The summed E-state index contributed by atoms with van der Waals surface area (Å²) in [5.74, 6) is -0.524. The molecule has 0 saturated heterocycles. The molecule has 0 N–H and O–H groups in total. The summed E-state index contributed by atoms with van der Waals surface area (Å²) in [6.07, 6.45) is 75.7. The van der Waals surface area contributed by atoms with E-state index in [-0.39, 0.29) is 25.2 Å². The van der Waals surface area contributed by atoms with Crippen molar-refractivity contribution in [2.75, 3.05) is 19.8 Å². The Hall–Kier alpha value is -3.18. The van der Waals surface area contributed by atoms with Crippen LogP contribution in [0.1, 0.15) is 252 Å². The number of allylic oxidation sites excluding steroid dienone is 16. The molecule has 378 valence electrons. The van der Waals surface area contributed by atoms with Gasteiger partial charge in [-0.05, 0) is 96.3 Å². The highest BCUT2D eigenvalue weighted by molar-refractivity contribution is 5.70. The average Bonchev–Trinajstić information content (AvgIpc) is 3.32. The number of carbonyl (C=O) groups is 2. The van der Waals surface area contributed by atoms with Crippen LogP contribution in [-0.4, -0.2) is 37.9 Å². The summed E-state index contributed by atoms with van der Waals surface area (Å²) in [4.78, 5) is 25.4. The molecule has 0 heterocycles. The van der Waals surface area contributed by atoms with E-state index in [1.54, 1.807) is 0 Å². The van der Waals surface area contributed by atoms with E-state index in [2.05, 4.69) is 118 Å². The molecule has 5 nitrogen and oxygen atoms in total. The van der Waals surface area contributed by atoms with Gasteiger partial charge in [0.15, 0.2) is 6.10 Å². The minimum absolute atomic E-state index is 0.0328. The Morgan fingerprint density at radius 2 is 0.636 bits per heavy atom. The van der Waals surface area contributed by atoms with Crippen molar-refractivity contribution in [3.8, 4) is 0 Å². The van der Waals surface area contributed by atoms with Crippen LogP contribution in [0.25, 0.3) is 0 Å². The number of hydrogen-bond acceptors (Lipinski definition) is 5. The molecule has 0 rings (SSSR count). The van der Waals surface area contributed by atoms with Crippen LogP contribution >= 0.6 is 0 Å². The van der Waals surface area contributed by atoms with E-state index in [1.807, 2.05) is 0 Å². The van der Waals surface area contributed by atoms with Gasteiger partial charge in [0.05, 0.1) is 6.61 Å². The number of hydrogen-bond donors (Lipinski definition) is 0. The number of carbonyl (C=O) groups excluding carboxylic acids is 2. The van der Waals surface area contributed by atoms with E-state index < -0.39 is 6.10 Å². The molecule has 0 amide bonds. The van der Waals surface area contributed by atoms with Crippen molar-refractivity contribution in [1.82, 2.24) is 0 Å². The number of rotatable bonds is 50. The van der Waals surface area contributed by atoms with E-state index in [0.29, 0.717) is 19.4 Å². The highest BCUT2D eigenvalue weighted by Crippen LogP contribution is 2.14. The Kier molecular flexibility index (Phi) is 53.4. The second-order valence-electron chi connectivity index (χ2n) is 18.1. The third-order valence-electron chi connectivity index (χ3n) is 11.6. The topological polar surface area (TPSA) is 61.8 Å². The SMILES string of the molecule is CCCCC/C=C\C/C=C\C/C=C\C/C=C\CCCC(=O)OC[C@@H](COCCCCCCCCCCCCCCCCCC)OC(=O)CCC/C=C\C/C=C\C/C=C\C/C=C\CCCCC. The molecule has 0 fully saturated rings. The summed E-state index contributed by atoms with van der Waals surface area (Å²) in [6.45, 7) is 7.67. The Morgan fingerprint density at radius 1 is 0.333 bits per heavy atom. The first kappa shape index (κ1) is 62.8. The van der Waals surface area contributed by atoms with E-state index >= 15 is 0 Å². The van der Waals surface area contributed by atoms with Gasteiger partial charge < -0.3 is 14.2 Å². The predicted molar refractivity (Wildman–Crippen MR) is 288 cm³/mol. The van der Waals surface area contributed by atoms with Crippen molar-refractivity contribution in [1.29, 1.82) is 0 Å². The molecule has 66 heavy (non-hydrogen) atoms. The minimum atomic E-state index is -0.590. The highest BCUT2D eigenvalue weighted by atomic mass is 16.6. The number of esters is 2. The Morgan fingerprint density at radius 3 is 1.02 bits per heavy atom. The number of unbranched alkanes of at least 4 members (excludes halogenated alkanes) is 23. The highest BCUT2D eigenvalue weighted by Gasteiger charge is 2.17. The van der Waals surface area contributed by atoms with Crippen LogP contribution in [-0.2, 0) is 23.8 Å². The molecule has 0 bridgehead atoms. The van der Waals surface area contributed by atoms with Gasteiger partial charge in [-0.25, -0.2) is 0 Å². The van der Waals surface area contributed by atoms with Gasteiger partial charge in [0, 0.05) is 19.4 Å². The summed E-state index contributed by atoms with van der Waals surface area (Å²) in [5.41, 5.74) is 0. The quantitative estimate of drug-likeness (QED) is 0.0346. The Bertz CT molecular complexity index is 1270. The molecule has 0 aromatic heterocycles. The summed E-state index contributed by atoms with van der Waals surface area (Å²) in [5, 5.41) is 0. The first-order chi connectivity index (χ1) is 32.6. The summed E-state index contributed by atoms with van der Waals surface area (Å²) in [6, 6.07) is 0. The van der Waals surface area contributed by atoms with Gasteiger partial charge in [-0.3, -0.25) is 9.59 Å². The lowest BCUT2D eigenvalue weighted by Crippen LogP contribution is -2.30. The molecule has 0 aliphatic rings. The van der Waals surface area contributed by atoms with Crippen LogP contribution in [0.3, 0.4) is 0 Å². The van der Waals surface area contributed by atoms with E-state index in [1.165, 1.54) is 141 Å². The fraction of sp³-hybridized carbons (Fsp3) is 0.705. The monoisotopic (exact) mass is 917 g/mol. The van der Waals surface area contributed by atoms with Crippen molar-refractivity contribution in [3.63, 3.8) is 0 Å². The molecule has 0 spiro atoms. The van der Waals surface area contributed by atoms with Crippen molar-refractivity contribution >= 4 is 11.9 Å². The molecule has 0 aromatic rings. The van der Waals surface area contributed by atoms with E-state index in [9.17, 15) is 9.59 Å². The molecule has 1 atom stereocenters. The molecule has 0 unspecified atom stereocenters. The second kappa shape index (κ2) is 56.1. The molecule has 0 aliphatic heterocycles. The maximum atomic E-state index is 12.8. The van der Waals surface area contributed by atoms with Gasteiger partial charge in [0.25, 0.3) is 0 Å². The van der Waals surface area contributed by atoms with Crippen LogP contribution in [0.4, 0.5) is 0 Å². The van der Waals surface area contributed by atoms with Crippen LogP contribution in [0.2, 0.25) is 0 Å². The van der Waals surface area contributed by atoms with Crippen molar-refractivity contribution < 1.29 is 23.8 Å². The van der Waals surface area contributed by atoms with Crippen LogP contribution in [0, 0.1) is 0 Å². The fourth-order valence-corrected chi connectivity index (χ4v) is 7.44. The Labute approximate surface area is 409 Å². The van der Waals surface area contributed by atoms with E-state index in [4.69, 9.17) is 14.2 Å². The molecular weight excluding hydrogens is 813 g/mol. The van der Waals surface area contributed by atoms with Gasteiger partial charge in [0.1, 0.15) is 6.61 Å². The lowest BCUT2D eigenvalue weighted by Gasteiger charge is -2.18. The first-order valence-electron chi connectivity index (χ1n) is 27.8. The van der Waals surface area contributed by atoms with Gasteiger partial charge in [0.2, 0.25) is 0 Å². The smallest absolute Gasteiger partial charge is 0.306 e. The zero-order chi connectivity index (χ0) is 47.7. The summed E-state index contributed by atoms with van der Waals surface area (Å²) < 4.78 is 17.4. The van der Waals surface area contributed by atoms with Crippen molar-refractivity contribution in [3.05, 3.63) is 97.2 Å². The largest absolute Gasteiger partial charge is 0.462 e. The molecular formula is C61H104O5. The van der Waals surface area contributed by atoms with Gasteiger partial charge >= 0.3 is 11.9 Å². The van der Waals surface area contributed by atoms with Crippen molar-refractivity contribution in [2.45, 2.75) is 258 Å². The zero-order valence-corrected chi connectivity index (χ0v) is 43.4. The third-order valence-corrected chi connectivity index (χ3v) is 11.6. The second-order valence-corrected chi connectivity index (χ2v) is 18.1. The summed E-state index contributed by atoms with van der Waals surface area (Å²) >= 11 is 0. The van der Waals surface area contributed by atoms with Crippen LogP contribution in [0.15, 0.2) is 97.2 Å². The van der Waals surface area contributed by atoms with Crippen LogP contribution < -0.4 is 0 Å². The van der Waals surface area contributed by atoms with Crippen LogP contribution in [0.5, 0.6) is 0 Å². The fourth-order valence-electron chi connectivity index (χ4n) is 7.44. The maximum Gasteiger partial charge on any atom is 0.306 e. The minimum Gasteiger partial charge on any atom is -0.462 e. The molecule has 5 heteroatoms. The number of ether oxygens (including phenoxy) is 3. The zero-order valence-electron chi connectivity index (χ0n) is 43.4. The molecule has 0 aromatic carbocycles. The van der Waals surface area contributed by atoms with Gasteiger partial charge in [-0.2, -0.15) is 0 Å². The molecule has 0 radical (unpaired) electrons. The lowest BCUT2D eigenvalue weighted by atomic mass is 10.0. The first-order valence-corrected chi connectivity index (χ1v) is 27.8. The normalized spacial score (nSPS) is 13.0. The van der Waals surface area contributed by atoms with E-state index in [0.717, 1.165) is 77.0 Å². The predicted octanol–water partition coefficient (Wildman–Crippen LogP) is 19.0. The summed E-state index contributed by atoms with van der Waals surface area (Å²) in [7, 11) is 0. The van der Waals surface area contributed by atoms with Gasteiger partial charge in [-0.15, -0.1) is 0 Å². The molecule has 0 saturated carbocycles. The standard InChI is InChI=1S/C61H104O5/c1-4-7-10-13-16-19-22-25-28-31-33-36-39-42-45-48-51-54-60(62)65-58-59(57-64-56-53-50-47-44-41-38-35-30-27-24-21-18-15-12-9-6-3)66-61(63)55-52-49-46-43-40-37-34-32-29-26-23-20-17-14-11-8-5-2/h16-17,19-20,25-26,28-29,33-34,36-37,42-43,45-46,59H,4-15,18,21-24,27,30-32,35,38-41,44,47-58H2,1-3H3/b19-16-,20-17-,28-25-,29-26-,36-33-,37-34-,45-42-,46-43-/t59-/m1/s1. The van der Waals surface area contributed by atoms with Crippen molar-refractivity contribution in [2.24, 2.45) is 0 Å². The third kappa shape index (κ3) is 53.4. The molecule has 0 aliphatic carbocycles. The lowest BCUT2D eigenvalue weighted by molar-refractivity contribution is -0.162. The maximum absolute atomic E-state index is 12.8.